The Kier molecular flexibility index (Phi) is 5.34. The van der Waals surface area contributed by atoms with E-state index >= 15 is 0 Å². The average Bonchev–Trinajstić information content (AvgIpc) is 2.76. The molecule has 3 nitrogen and oxygen atoms in total. The number of methoxy groups -OCH3 is 2. The molecule has 0 spiro atoms. The Morgan fingerprint density at radius 2 is 1.54 bits per heavy atom. The molecule has 0 bridgehead atoms. The van der Waals surface area contributed by atoms with Crippen LogP contribution in [0.3, 0.4) is 0 Å². The normalized spacial score (nSPS) is 15.2. The summed E-state index contributed by atoms with van der Waals surface area (Å²) in [5.41, 5.74) is 5.18. The van der Waals surface area contributed by atoms with Gasteiger partial charge in [-0.2, -0.15) is 0 Å². The van der Waals surface area contributed by atoms with E-state index in [-0.39, 0.29) is 6.04 Å². The highest BCUT2D eigenvalue weighted by Crippen LogP contribution is 2.36. The maximum absolute atomic E-state index is 5.51. The Morgan fingerprint density at radius 3 is 2.32 bits per heavy atom. The van der Waals surface area contributed by atoms with Crippen molar-refractivity contribution in [3.63, 3.8) is 0 Å². The SMILES string of the molecule is COc1ccc(CC2c3ccccc3C=CN2Cc2ccccc2)cc1OC. The van der Waals surface area contributed by atoms with Crippen molar-refractivity contribution in [1.29, 1.82) is 0 Å². The Morgan fingerprint density at radius 1 is 0.786 bits per heavy atom. The summed E-state index contributed by atoms with van der Waals surface area (Å²) in [7, 11) is 3.35. The predicted molar refractivity (Wildman–Crippen MR) is 113 cm³/mol. The zero-order chi connectivity index (χ0) is 19.3. The first kappa shape index (κ1) is 18.2. The first-order valence-electron chi connectivity index (χ1n) is 9.56. The number of rotatable bonds is 6. The maximum atomic E-state index is 5.51. The average molecular weight is 371 g/mol. The van der Waals surface area contributed by atoms with Gasteiger partial charge in [-0.3, -0.25) is 0 Å². The van der Waals surface area contributed by atoms with E-state index in [2.05, 4.69) is 83.9 Å². The molecule has 3 heteroatoms. The fourth-order valence-corrected chi connectivity index (χ4v) is 3.84. The van der Waals surface area contributed by atoms with Gasteiger partial charge in [-0.25, -0.2) is 0 Å². The molecule has 3 aromatic rings. The third kappa shape index (κ3) is 3.74. The third-order valence-electron chi connectivity index (χ3n) is 5.29. The number of benzene rings is 3. The quantitative estimate of drug-likeness (QED) is 0.573. The van der Waals surface area contributed by atoms with Crippen LogP contribution in [0.5, 0.6) is 11.5 Å². The molecule has 4 rings (SSSR count). The van der Waals surface area contributed by atoms with Crippen LogP contribution >= 0.6 is 0 Å². The second-order valence-corrected chi connectivity index (χ2v) is 7.01. The van der Waals surface area contributed by atoms with Crippen LogP contribution in [0.2, 0.25) is 0 Å². The summed E-state index contributed by atoms with van der Waals surface area (Å²) < 4.78 is 10.9. The van der Waals surface area contributed by atoms with Gasteiger partial charge in [0.15, 0.2) is 11.5 Å². The second kappa shape index (κ2) is 8.22. The number of hydrogen-bond donors (Lipinski definition) is 0. The van der Waals surface area contributed by atoms with E-state index in [4.69, 9.17) is 9.47 Å². The molecule has 0 aliphatic carbocycles. The molecule has 28 heavy (non-hydrogen) atoms. The summed E-state index contributed by atoms with van der Waals surface area (Å²) in [5.74, 6) is 1.53. The van der Waals surface area contributed by atoms with Gasteiger partial charge in [0, 0.05) is 12.7 Å². The Labute approximate surface area is 166 Å². The van der Waals surface area contributed by atoms with E-state index in [0.717, 1.165) is 24.5 Å². The molecule has 1 aliphatic rings. The van der Waals surface area contributed by atoms with Gasteiger partial charge in [-0.15, -0.1) is 0 Å². The van der Waals surface area contributed by atoms with Gasteiger partial charge in [0.2, 0.25) is 0 Å². The van der Waals surface area contributed by atoms with Gasteiger partial charge >= 0.3 is 0 Å². The van der Waals surface area contributed by atoms with E-state index < -0.39 is 0 Å². The first-order chi connectivity index (χ1) is 13.8. The zero-order valence-corrected chi connectivity index (χ0v) is 16.3. The Balaban J connectivity index is 1.66. The van der Waals surface area contributed by atoms with Gasteiger partial charge in [0.25, 0.3) is 0 Å². The Hall–Kier alpha value is -3.20. The predicted octanol–water partition coefficient (Wildman–Crippen LogP) is 5.47. The molecule has 0 radical (unpaired) electrons. The van der Waals surface area contributed by atoms with E-state index in [1.54, 1.807) is 14.2 Å². The minimum Gasteiger partial charge on any atom is -0.493 e. The zero-order valence-electron chi connectivity index (χ0n) is 16.3. The highest BCUT2D eigenvalue weighted by molar-refractivity contribution is 5.57. The van der Waals surface area contributed by atoms with Crippen LogP contribution in [0.4, 0.5) is 0 Å². The monoisotopic (exact) mass is 371 g/mol. The summed E-state index contributed by atoms with van der Waals surface area (Å²) >= 11 is 0. The van der Waals surface area contributed by atoms with Crippen LogP contribution in [-0.4, -0.2) is 19.1 Å². The molecular formula is C25H25NO2. The number of hydrogen-bond acceptors (Lipinski definition) is 3. The Bertz CT molecular complexity index is 965. The lowest BCUT2D eigenvalue weighted by Gasteiger charge is -2.35. The fourth-order valence-electron chi connectivity index (χ4n) is 3.84. The highest BCUT2D eigenvalue weighted by atomic mass is 16.5. The standard InChI is InChI=1S/C25H25NO2/c1-27-24-13-12-20(17-25(24)28-2)16-23-22-11-7-6-10-21(22)14-15-26(23)18-19-8-4-3-5-9-19/h3-15,17,23H,16,18H2,1-2H3. The largest absolute Gasteiger partial charge is 0.493 e. The van der Waals surface area contributed by atoms with Crippen molar-refractivity contribution in [3.05, 3.63) is 101 Å². The van der Waals surface area contributed by atoms with Gasteiger partial charge < -0.3 is 14.4 Å². The molecule has 1 aliphatic heterocycles. The molecule has 0 fully saturated rings. The van der Waals surface area contributed by atoms with Gasteiger partial charge in [0.05, 0.1) is 20.3 Å². The van der Waals surface area contributed by atoms with E-state index in [1.807, 2.05) is 6.07 Å². The van der Waals surface area contributed by atoms with Crippen LogP contribution in [-0.2, 0) is 13.0 Å². The van der Waals surface area contributed by atoms with Crippen molar-refractivity contribution in [3.8, 4) is 11.5 Å². The minimum atomic E-state index is 0.263. The molecule has 1 unspecified atom stereocenters. The van der Waals surface area contributed by atoms with Gasteiger partial charge in [0.1, 0.15) is 0 Å². The maximum Gasteiger partial charge on any atom is 0.160 e. The van der Waals surface area contributed by atoms with E-state index in [9.17, 15) is 0 Å². The minimum absolute atomic E-state index is 0.263. The number of fused-ring (bicyclic) bond motifs is 1. The van der Waals surface area contributed by atoms with Crippen LogP contribution in [0.25, 0.3) is 6.08 Å². The fraction of sp³-hybridized carbons (Fsp3) is 0.200. The van der Waals surface area contributed by atoms with Crippen LogP contribution in [0, 0.1) is 0 Å². The van der Waals surface area contributed by atoms with E-state index in [0.29, 0.717) is 0 Å². The number of nitrogens with zero attached hydrogens (tertiary/aromatic N) is 1. The molecule has 0 saturated heterocycles. The summed E-state index contributed by atoms with van der Waals surface area (Å²) in [6, 6.07) is 25.7. The van der Waals surface area contributed by atoms with Crippen molar-refractivity contribution in [2.45, 2.75) is 19.0 Å². The van der Waals surface area contributed by atoms with Crippen LogP contribution in [0.1, 0.15) is 28.3 Å². The van der Waals surface area contributed by atoms with Crippen molar-refractivity contribution < 1.29 is 9.47 Å². The summed E-state index contributed by atoms with van der Waals surface area (Å²) in [5, 5.41) is 0. The lowest BCUT2D eigenvalue weighted by Crippen LogP contribution is -2.28. The molecule has 3 aromatic carbocycles. The molecule has 1 atom stereocenters. The topological polar surface area (TPSA) is 21.7 Å². The third-order valence-corrected chi connectivity index (χ3v) is 5.29. The molecule has 142 valence electrons. The van der Waals surface area contributed by atoms with Crippen LogP contribution in [0.15, 0.2) is 79.0 Å². The van der Waals surface area contributed by atoms with Crippen molar-refractivity contribution >= 4 is 6.08 Å². The van der Waals surface area contributed by atoms with Gasteiger partial charge in [-0.05, 0) is 46.9 Å². The lowest BCUT2D eigenvalue weighted by molar-refractivity contribution is 0.267. The van der Waals surface area contributed by atoms with Crippen LogP contribution < -0.4 is 9.47 Å². The molecular weight excluding hydrogens is 346 g/mol. The first-order valence-corrected chi connectivity index (χ1v) is 9.56. The smallest absolute Gasteiger partial charge is 0.160 e. The summed E-state index contributed by atoms with van der Waals surface area (Å²) in [6.45, 7) is 0.879. The van der Waals surface area contributed by atoms with Crippen molar-refractivity contribution in [2.75, 3.05) is 14.2 Å². The van der Waals surface area contributed by atoms with Crippen molar-refractivity contribution in [2.24, 2.45) is 0 Å². The molecule has 0 saturated carbocycles. The molecule has 1 heterocycles. The summed E-state index contributed by atoms with van der Waals surface area (Å²) in [6.07, 6.45) is 5.33. The highest BCUT2D eigenvalue weighted by Gasteiger charge is 2.24. The van der Waals surface area contributed by atoms with Crippen molar-refractivity contribution in [1.82, 2.24) is 4.90 Å². The molecule has 0 N–H and O–H groups in total. The number of ether oxygens (including phenoxy) is 2. The molecule has 0 aromatic heterocycles. The second-order valence-electron chi connectivity index (χ2n) is 7.01. The molecule has 0 amide bonds. The van der Waals surface area contributed by atoms with E-state index in [1.165, 1.54) is 22.3 Å². The lowest BCUT2D eigenvalue weighted by atomic mass is 9.91. The van der Waals surface area contributed by atoms with Gasteiger partial charge in [-0.1, -0.05) is 60.7 Å². The summed E-state index contributed by atoms with van der Waals surface area (Å²) in [4.78, 5) is 2.42.